The largest absolute Gasteiger partial charge is 0.495 e. The predicted molar refractivity (Wildman–Crippen MR) is 68.8 cm³/mol. The molecule has 1 unspecified atom stereocenters. The van der Waals surface area contributed by atoms with Gasteiger partial charge in [0.1, 0.15) is 11.8 Å². The molecule has 1 atom stereocenters. The summed E-state index contributed by atoms with van der Waals surface area (Å²) in [5, 5.41) is 3.04. The van der Waals surface area contributed by atoms with Crippen molar-refractivity contribution in [2.24, 2.45) is 11.7 Å². The van der Waals surface area contributed by atoms with Crippen LogP contribution in [0.1, 0.15) is 13.8 Å². The molecule has 0 saturated heterocycles. The van der Waals surface area contributed by atoms with Gasteiger partial charge in [-0.3, -0.25) is 4.79 Å². The van der Waals surface area contributed by atoms with Gasteiger partial charge < -0.3 is 21.5 Å². The van der Waals surface area contributed by atoms with Gasteiger partial charge in [0.15, 0.2) is 0 Å². The van der Waals surface area contributed by atoms with Crippen LogP contribution in [0, 0.1) is 5.92 Å². The van der Waals surface area contributed by atoms with Crippen LogP contribution >= 0.6 is 0 Å². The van der Waals surface area contributed by atoms with E-state index >= 15 is 0 Å². The second-order valence-corrected chi connectivity index (χ2v) is 4.19. The molecule has 5 heteroatoms. The van der Waals surface area contributed by atoms with Gasteiger partial charge >= 0.3 is 0 Å². The highest BCUT2D eigenvalue weighted by molar-refractivity contribution is 5.85. The number of ether oxygens (including phenoxy) is 1. The van der Waals surface area contributed by atoms with Gasteiger partial charge in [0, 0.05) is 0 Å². The standard InChI is InChI=1S/C12H19N3O2/c1-7(2)11(12(14)16)15-8-5-4-6-9(17-3)10(8)13/h4-7,11,15H,13H2,1-3H3,(H2,14,16). The molecule has 0 aliphatic rings. The molecule has 0 spiro atoms. The van der Waals surface area contributed by atoms with E-state index in [0.29, 0.717) is 17.1 Å². The molecule has 1 rings (SSSR count). The Hall–Kier alpha value is -1.91. The van der Waals surface area contributed by atoms with Crippen molar-refractivity contribution in [3.05, 3.63) is 18.2 Å². The molecule has 94 valence electrons. The first kappa shape index (κ1) is 13.2. The maximum atomic E-state index is 11.3. The Morgan fingerprint density at radius 1 is 1.41 bits per heavy atom. The number of nitrogen functional groups attached to an aromatic ring is 1. The molecule has 1 aromatic carbocycles. The third-order valence-corrected chi connectivity index (χ3v) is 2.57. The van der Waals surface area contributed by atoms with E-state index in [0.717, 1.165) is 0 Å². The zero-order chi connectivity index (χ0) is 13.0. The third-order valence-electron chi connectivity index (χ3n) is 2.57. The Balaban J connectivity index is 2.97. The fourth-order valence-corrected chi connectivity index (χ4v) is 1.58. The molecule has 17 heavy (non-hydrogen) atoms. The molecule has 0 saturated carbocycles. The first-order valence-electron chi connectivity index (χ1n) is 5.45. The minimum absolute atomic E-state index is 0.0816. The van der Waals surface area contributed by atoms with E-state index in [9.17, 15) is 4.79 Å². The highest BCUT2D eigenvalue weighted by atomic mass is 16.5. The summed E-state index contributed by atoms with van der Waals surface area (Å²) in [6.07, 6.45) is 0. The van der Waals surface area contributed by atoms with Crippen molar-refractivity contribution in [3.8, 4) is 5.75 Å². The van der Waals surface area contributed by atoms with Crippen LogP contribution in [-0.2, 0) is 4.79 Å². The van der Waals surface area contributed by atoms with Crippen molar-refractivity contribution in [3.63, 3.8) is 0 Å². The summed E-state index contributed by atoms with van der Waals surface area (Å²) < 4.78 is 5.11. The van der Waals surface area contributed by atoms with Gasteiger partial charge in [-0.1, -0.05) is 19.9 Å². The Morgan fingerprint density at radius 3 is 2.53 bits per heavy atom. The molecule has 5 nitrogen and oxygen atoms in total. The summed E-state index contributed by atoms with van der Waals surface area (Å²) in [6, 6.07) is 4.89. The van der Waals surface area contributed by atoms with Crippen LogP contribution < -0.4 is 21.5 Å². The van der Waals surface area contributed by atoms with Crippen molar-refractivity contribution in [2.75, 3.05) is 18.2 Å². The van der Waals surface area contributed by atoms with Gasteiger partial charge in [0.25, 0.3) is 0 Å². The lowest BCUT2D eigenvalue weighted by Gasteiger charge is -2.21. The van der Waals surface area contributed by atoms with Crippen molar-refractivity contribution in [1.82, 2.24) is 0 Å². The summed E-state index contributed by atoms with van der Waals surface area (Å²) in [6.45, 7) is 3.83. The molecule has 0 aromatic heterocycles. The predicted octanol–water partition coefficient (Wildman–Crippen LogP) is 1.20. The smallest absolute Gasteiger partial charge is 0.240 e. The number of para-hydroxylation sites is 1. The molecular weight excluding hydrogens is 218 g/mol. The lowest BCUT2D eigenvalue weighted by molar-refractivity contribution is -0.119. The second kappa shape index (κ2) is 5.43. The quantitative estimate of drug-likeness (QED) is 0.671. The van der Waals surface area contributed by atoms with Gasteiger partial charge in [0.05, 0.1) is 18.5 Å². The van der Waals surface area contributed by atoms with Crippen molar-refractivity contribution in [1.29, 1.82) is 0 Å². The minimum Gasteiger partial charge on any atom is -0.495 e. The Labute approximate surface area is 101 Å². The van der Waals surface area contributed by atoms with Crippen LogP contribution in [0.3, 0.4) is 0 Å². The number of nitrogens with two attached hydrogens (primary N) is 2. The average molecular weight is 237 g/mol. The number of hydrogen-bond donors (Lipinski definition) is 3. The lowest BCUT2D eigenvalue weighted by atomic mass is 10.0. The molecule has 0 bridgehead atoms. The maximum Gasteiger partial charge on any atom is 0.240 e. The Kier molecular flexibility index (Phi) is 4.20. The van der Waals surface area contributed by atoms with Crippen LogP contribution in [0.5, 0.6) is 5.75 Å². The van der Waals surface area contributed by atoms with Crippen LogP contribution in [-0.4, -0.2) is 19.1 Å². The van der Waals surface area contributed by atoms with Gasteiger partial charge in [-0.15, -0.1) is 0 Å². The number of methoxy groups -OCH3 is 1. The number of carbonyl (C=O) groups is 1. The van der Waals surface area contributed by atoms with Crippen molar-refractivity contribution >= 4 is 17.3 Å². The topological polar surface area (TPSA) is 90.4 Å². The monoisotopic (exact) mass is 237 g/mol. The van der Waals surface area contributed by atoms with E-state index in [1.54, 1.807) is 25.3 Å². The highest BCUT2D eigenvalue weighted by Gasteiger charge is 2.20. The minimum atomic E-state index is -0.454. The number of hydrogen-bond acceptors (Lipinski definition) is 4. The maximum absolute atomic E-state index is 11.3. The van der Waals surface area contributed by atoms with E-state index in [-0.39, 0.29) is 5.92 Å². The van der Waals surface area contributed by atoms with Gasteiger partial charge in [-0.25, -0.2) is 0 Å². The number of amides is 1. The fraction of sp³-hybridized carbons (Fsp3) is 0.417. The van der Waals surface area contributed by atoms with Crippen LogP contribution in [0.2, 0.25) is 0 Å². The second-order valence-electron chi connectivity index (χ2n) is 4.19. The lowest BCUT2D eigenvalue weighted by Crippen LogP contribution is -2.39. The van der Waals surface area contributed by atoms with Crippen molar-refractivity contribution < 1.29 is 9.53 Å². The van der Waals surface area contributed by atoms with E-state index in [4.69, 9.17) is 16.2 Å². The summed E-state index contributed by atoms with van der Waals surface area (Å²) >= 11 is 0. The zero-order valence-corrected chi connectivity index (χ0v) is 10.4. The van der Waals surface area contributed by atoms with Crippen LogP contribution in [0.25, 0.3) is 0 Å². The Bertz CT molecular complexity index is 405. The zero-order valence-electron chi connectivity index (χ0n) is 10.4. The van der Waals surface area contributed by atoms with Gasteiger partial charge in [-0.2, -0.15) is 0 Å². The number of anilines is 2. The number of benzene rings is 1. The van der Waals surface area contributed by atoms with E-state index < -0.39 is 11.9 Å². The molecule has 0 aliphatic carbocycles. The van der Waals surface area contributed by atoms with E-state index in [1.165, 1.54) is 0 Å². The van der Waals surface area contributed by atoms with E-state index in [1.807, 2.05) is 13.8 Å². The third kappa shape index (κ3) is 3.03. The van der Waals surface area contributed by atoms with Gasteiger partial charge in [-0.05, 0) is 18.1 Å². The molecular formula is C12H19N3O2. The van der Waals surface area contributed by atoms with Crippen LogP contribution in [0.4, 0.5) is 11.4 Å². The average Bonchev–Trinajstić information content (AvgIpc) is 2.26. The van der Waals surface area contributed by atoms with Gasteiger partial charge in [0.2, 0.25) is 5.91 Å². The molecule has 0 fully saturated rings. The first-order chi connectivity index (χ1) is 7.97. The summed E-state index contributed by atoms with van der Waals surface area (Å²) in [4.78, 5) is 11.3. The molecule has 5 N–H and O–H groups in total. The molecule has 1 amide bonds. The molecule has 1 aromatic rings. The number of carbonyl (C=O) groups excluding carboxylic acids is 1. The Morgan fingerprint density at radius 2 is 2.06 bits per heavy atom. The number of rotatable bonds is 5. The highest BCUT2D eigenvalue weighted by Crippen LogP contribution is 2.29. The molecule has 0 aliphatic heterocycles. The molecule has 0 radical (unpaired) electrons. The molecule has 0 heterocycles. The summed E-state index contributed by atoms with van der Waals surface area (Å²) in [7, 11) is 1.55. The summed E-state index contributed by atoms with van der Waals surface area (Å²) in [5.74, 6) is 0.252. The number of nitrogens with one attached hydrogen (secondary N) is 1. The summed E-state index contributed by atoms with van der Waals surface area (Å²) in [5.41, 5.74) is 12.4. The van der Waals surface area contributed by atoms with E-state index in [2.05, 4.69) is 5.32 Å². The number of primary amides is 1. The fourth-order valence-electron chi connectivity index (χ4n) is 1.58. The first-order valence-corrected chi connectivity index (χ1v) is 5.45. The SMILES string of the molecule is COc1cccc(NC(C(N)=O)C(C)C)c1N. The normalized spacial score (nSPS) is 12.2. The van der Waals surface area contributed by atoms with Crippen LogP contribution in [0.15, 0.2) is 18.2 Å². The van der Waals surface area contributed by atoms with Crippen molar-refractivity contribution in [2.45, 2.75) is 19.9 Å².